The number of carbonyl (C=O) groups is 6. The fourth-order valence-corrected chi connectivity index (χ4v) is 11.3. The van der Waals surface area contributed by atoms with E-state index in [1.165, 1.54) is 64.2 Å². The maximum absolute atomic E-state index is 12.4. The minimum atomic E-state index is -0.825. The highest BCUT2D eigenvalue weighted by molar-refractivity contribution is 8.00. The van der Waals surface area contributed by atoms with Gasteiger partial charge in [-0.2, -0.15) is 11.8 Å². The number of amides is 7. The SMILES string of the molecule is CCCCCCCCCCCCCCC[C@H](O)C(CO)NC(=O)CCC(=O)NCCOCCOCCOCCOCCOCCOCCOCCOCCNC(=O)CCCCCNC(=O)CCCCCNC(=O)CCCC[C@@H]1SC[C@@H]2NC(=O)N[C@@H]21. The Balaban J connectivity index is 1.19. The second-order valence-corrected chi connectivity index (χ2v) is 23.5. The van der Waals surface area contributed by atoms with Crippen LogP contribution in [0.25, 0.3) is 0 Å². The molecule has 5 atom stereocenters. The zero-order valence-corrected chi connectivity index (χ0v) is 53.6. The zero-order chi connectivity index (χ0) is 62.0. The van der Waals surface area contributed by atoms with Crippen molar-refractivity contribution in [1.29, 1.82) is 0 Å². The highest BCUT2D eigenvalue weighted by Crippen LogP contribution is 2.33. The highest BCUT2D eigenvalue weighted by atomic mass is 32.2. The molecule has 502 valence electrons. The molecule has 0 aromatic heterocycles. The van der Waals surface area contributed by atoms with Gasteiger partial charge in [-0.3, -0.25) is 24.0 Å². The number of carbonyl (C=O) groups excluding carboxylic acids is 6. The number of urea groups is 1. The third-order valence-corrected chi connectivity index (χ3v) is 16.3. The van der Waals surface area contributed by atoms with Crippen molar-refractivity contribution in [2.24, 2.45) is 0 Å². The van der Waals surface area contributed by atoms with Gasteiger partial charge in [0.15, 0.2) is 0 Å². The summed E-state index contributed by atoms with van der Waals surface area (Å²) in [5, 5.41) is 40.8. The maximum atomic E-state index is 12.4. The second kappa shape index (κ2) is 58.0. The molecule has 2 aliphatic heterocycles. The summed E-state index contributed by atoms with van der Waals surface area (Å²) in [4.78, 5) is 72.6. The lowest BCUT2D eigenvalue weighted by Gasteiger charge is -2.22. The van der Waals surface area contributed by atoms with Crippen molar-refractivity contribution in [2.75, 3.05) is 144 Å². The first-order valence-corrected chi connectivity index (χ1v) is 34.1. The van der Waals surface area contributed by atoms with E-state index < -0.39 is 12.1 Å². The molecule has 24 heteroatoms. The van der Waals surface area contributed by atoms with Gasteiger partial charge in [-0.15, -0.1) is 0 Å². The van der Waals surface area contributed by atoms with Crippen LogP contribution in [-0.4, -0.2) is 220 Å². The van der Waals surface area contributed by atoms with Gasteiger partial charge in [0.25, 0.3) is 0 Å². The summed E-state index contributed by atoms with van der Waals surface area (Å²) < 4.78 is 44.1. The molecule has 7 amide bonds. The number of nitrogens with one attached hydrogen (secondary N) is 7. The Labute approximate surface area is 519 Å². The molecule has 0 aliphatic carbocycles. The average Bonchev–Trinajstić information content (AvgIpc) is 3.15. The van der Waals surface area contributed by atoms with Crippen LogP contribution in [0.4, 0.5) is 4.79 Å². The first-order chi connectivity index (χ1) is 42.1. The molecular weight excluding hydrogens is 1130 g/mol. The molecule has 9 N–H and O–H groups in total. The predicted molar refractivity (Wildman–Crippen MR) is 334 cm³/mol. The number of ether oxygens (including phenoxy) is 8. The van der Waals surface area contributed by atoms with Gasteiger partial charge >= 0.3 is 6.03 Å². The van der Waals surface area contributed by atoms with Crippen LogP contribution in [0.2, 0.25) is 0 Å². The van der Waals surface area contributed by atoms with Gasteiger partial charge in [0, 0.05) is 69.3 Å². The maximum Gasteiger partial charge on any atom is 0.315 e. The van der Waals surface area contributed by atoms with Gasteiger partial charge in [0.1, 0.15) is 0 Å². The number of fused-ring (bicyclic) bond motifs is 1. The number of aliphatic hydroxyl groups excluding tert-OH is 2. The molecule has 0 aromatic carbocycles. The van der Waals surface area contributed by atoms with Gasteiger partial charge in [-0.25, -0.2) is 4.79 Å². The lowest BCUT2D eigenvalue weighted by Crippen LogP contribution is -2.46. The normalized spacial score (nSPS) is 16.1. The van der Waals surface area contributed by atoms with Crippen molar-refractivity contribution >= 4 is 47.3 Å². The molecule has 0 aromatic rings. The predicted octanol–water partition coefficient (Wildman–Crippen LogP) is 5.53. The van der Waals surface area contributed by atoms with Crippen molar-refractivity contribution in [2.45, 2.75) is 216 Å². The molecular formula is C62H117N7O16S. The third kappa shape index (κ3) is 47.6. The van der Waals surface area contributed by atoms with Crippen LogP contribution in [0.3, 0.4) is 0 Å². The van der Waals surface area contributed by atoms with Crippen LogP contribution >= 0.6 is 11.8 Å². The molecule has 86 heavy (non-hydrogen) atoms. The minimum absolute atomic E-state index is 0.000961. The third-order valence-electron chi connectivity index (χ3n) is 14.8. The van der Waals surface area contributed by atoms with Crippen LogP contribution in [0, 0.1) is 0 Å². The van der Waals surface area contributed by atoms with E-state index in [2.05, 4.69) is 44.1 Å². The average molecular weight is 1250 g/mol. The summed E-state index contributed by atoms with van der Waals surface area (Å²) in [7, 11) is 0. The Bertz CT molecular complexity index is 1680. The van der Waals surface area contributed by atoms with Gasteiger partial charge in [0.2, 0.25) is 29.5 Å². The monoisotopic (exact) mass is 1250 g/mol. The Kier molecular flexibility index (Phi) is 53.0. The quantitative estimate of drug-likeness (QED) is 0.0267. The minimum Gasteiger partial charge on any atom is -0.394 e. The van der Waals surface area contributed by atoms with Gasteiger partial charge in [-0.1, -0.05) is 110 Å². The number of rotatable bonds is 64. The summed E-state index contributed by atoms with van der Waals surface area (Å²) in [6, 6.07) is -0.370. The van der Waals surface area contributed by atoms with Crippen LogP contribution in [0.15, 0.2) is 0 Å². The molecule has 2 aliphatic rings. The molecule has 0 spiro atoms. The van der Waals surface area contributed by atoms with Crippen molar-refractivity contribution in [3.8, 4) is 0 Å². The molecule has 23 nitrogen and oxygen atoms in total. The first-order valence-electron chi connectivity index (χ1n) is 33.1. The van der Waals surface area contributed by atoms with E-state index in [1.54, 1.807) is 0 Å². The first kappa shape index (κ1) is 78.7. The standard InChI is InChI=1S/C62H117N7O16S/c1-2-3-4-5-6-7-8-9-10-11-12-13-16-23-54(71)52(50-70)67-60(76)29-28-59(75)66-33-35-79-37-39-81-41-43-83-45-47-85-49-48-84-46-44-82-42-40-80-38-36-78-34-32-65-58(74)26-18-15-22-30-63-56(72)25-17-14-21-31-64-57(73)27-20-19-24-55-61-53(51-86-55)68-62(77)69-61/h52-55,61,70-71H,2-51H2,1H3,(H,63,72)(H,64,73)(H,65,74)(H,66,75)(H,67,76)(H2,68,69,77)/t52?,53-,54-,55-,61-/m0/s1. The number of hydrogen-bond acceptors (Lipinski definition) is 17. The van der Waals surface area contributed by atoms with E-state index in [0.29, 0.717) is 163 Å². The van der Waals surface area contributed by atoms with E-state index in [-0.39, 0.29) is 67.1 Å². The van der Waals surface area contributed by atoms with E-state index >= 15 is 0 Å². The molecule has 2 fully saturated rings. The molecule has 2 saturated heterocycles. The summed E-state index contributed by atoms with van der Waals surface area (Å²) in [6.07, 6.45) is 25.0. The summed E-state index contributed by atoms with van der Waals surface area (Å²) >= 11 is 1.90. The summed E-state index contributed by atoms with van der Waals surface area (Å²) in [5.41, 5.74) is 0. The largest absolute Gasteiger partial charge is 0.394 e. The smallest absolute Gasteiger partial charge is 0.315 e. The second-order valence-electron chi connectivity index (χ2n) is 22.2. The van der Waals surface area contributed by atoms with Crippen molar-refractivity contribution < 1.29 is 76.9 Å². The van der Waals surface area contributed by atoms with Gasteiger partial charge in [-0.05, 0) is 44.9 Å². The fraction of sp³-hybridized carbons (Fsp3) is 0.903. The molecule has 0 radical (unpaired) electrons. The topological polar surface area (TPSA) is 301 Å². The fourth-order valence-electron chi connectivity index (χ4n) is 9.77. The van der Waals surface area contributed by atoms with E-state index in [0.717, 1.165) is 82.8 Å². The molecule has 0 bridgehead atoms. The Morgan fingerprint density at radius 3 is 1.24 bits per heavy atom. The lowest BCUT2D eigenvalue weighted by molar-refractivity contribution is -0.127. The molecule has 2 rings (SSSR count). The van der Waals surface area contributed by atoms with Crippen molar-refractivity contribution in [3.05, 3.63) is 0 Å². The summed E-state index contributed by atoms with van der Waals surface area (Å²) in [5.74, 6) is 0.387. The van der Waals surface area contributed by atoms with Crippen LogP contribution in [0.1, 0.15) is 187 Å². The number of thioether (sulfide) groups is 1. The number of hydrogen-bond donors (Lipinski definition) is 9. The molecule has 1 unspecified atom stereocenters. The Hall–Kier alpha value is -3.43. The van der Waals surface area contributed by atoms with E-state index in [4.69, 9.17) is 37.9 Å². The molecule has 2 heterocycles. The zero-order valence-electron chi connectivity index (χ0n) is 52.8. The highest BCUT2D eigenvalue weighted by Gasteiger charge is 2.42. The van der Waals surface area contributed by atoms with Crippen LogP contribution < -0.4 is 37.2 Å². The van der Waals surface area contributed by atoms with E-state index in [1.807, 2.05) is 11.8 Å². The van der Waals surface area contributed by atoms with Gasteiger partial charge < -0.3 is 85.3 Å². The van der Waals surface area contributed by atoms with Gasteiger partial charge in [0.05, 0.1) is 137 Å². The van der Waals surface area contributed by atoms with Crippen LogP contribution in [-0.2, 0) is 61.9 Å². The van der Waals surface area contributed by atoms with E-state index in [9.17, 15) is 39.0 Å². The Morgan fingerprint density at radius 2 is 0.814 bits per heavy atom. The molecule has 0 saturated carbocycles. The number of aliphatic hydroxyl groups is 2. The Morgan fingerprint density at radius 1 is 0.453 bits per heavy atom. The lowest BCUT2D eigenvalue weighted by atomic mass is 10.0. The summed E-state index contributed by atoms with van der Waals surface area (Å²) in [6.45, 7) is 10.5. The number of unbranched alkanes of at least 4 members (excludes halogenated alkanes) is 17. The van der Waals surface area contributed by atoms with Crippen molar-refractivity contribution in [3.63, 3.8) is 0 Å². The van der Waals surface area contributed by atoms with Crippen molar-refractivity contribution in [1.82, 2.24) is 37.2 Å². The van der Waals surface area contributed by atoms with Crippen LogP contribution in [0.5, 0.6) is 0 Å².